The van der Waals surface area contributed by atoms with Crippen LogP contribution in [0.15, 0.2) is 58.7 Å². The van der Waals surface area contributed by atoms with Crippen molar-refractivity contribution in [2.45, 2.75) is 53.6 Å². The summed E-state index contributed by atoms with van der Waals surface area (Å²) < 4.78 is 0. The fourth-order valence-corrected chi connectivity index (χ4v) is 3.04. The lowest BCUT2D eigenvalue weighted by atomic mass is 9.71. The minimum absolute atomic E-state index is 0.0187. The lowest BCUT2D eigenvalue weighted by molar-refractivity contribution is -0.131. The molecule has 0 bridgehead atoms. The molecule has 0 saturated carbocycles. The van der Waals surface area contributed by atoms with E-state index >= 15 is 0 Å². The predicted molar refractivity (Wildman–Crippen MR) is 95.2 cm³/mol. The molecule has 0 fully saturated rings. The van der Waals surface area contributed by atoms with E-state index in [1.807, 2.05) is 19.1 Å². The monoisotopic (exact) mass is 316 g/mol. The Balaban J connectivity index is 2.84. The Labute approximate surface area is 139 Å². The van der Waals surface area contributed by atoms with Gasteiger partial charge in [-0.1, -0.05) is 55.4 Å². The van der Waals surface area contributed by atoms with Crippen molar-refractivity contribution in [3.63, 3.8) is 0 Å². The van der Waals surface area contributed by atoms with Crippen LogP contribution in [0.3, 0.4) is 0 Å². The van der Waals surface area contributed by atoms with Crippen LogP contribution in [0, 0.1) is 5.41 Å². The van der Waals surface area contributed by atoms with E-state index in [4.69, 9.17) is 5.11 Å². The van der Waals surface area contributed by atoms with Crippen LogP contribution >= 0.6 is 0 Å². The highest BCUT2D eigenvalue weighted by molar-refractivity contribution is 5.81. The number of carbonyl (C=O) groups is 1. The first-order valence-corrected chi connectivity index (χ1v) is 7.94. The third-order valence-electron chi connectivity index (χ3n) is 4.06. The molecule has 126 valence electrons. The Morgan fingerprint density at radius 2 is 1.87 bits per heavy atom. The van der Waals surface area contributed by atoms with E-state index in [0.29, 0.717) is 5.57 Å². The van der Waals surface area contributed by atoms with Crippen LogP contribution in [-0.4, -0.2) is 22.3 Å². The Kier molecular flexibility index (Phi) is 6.77. The summed E-state index contributed by atoms with van der Waals surface area (Å²) in [6, 6.07) is 0. The molecule has 0 unspecified atom stereocenters. The minimum Gasteiger partial charge on any atom is -0.478 e. The van der Waals surface area contributed by atoms with Gasteiger partial charge in [-0.2, -0.15) is 0 Å². The van der Waals surface area contributed by atoms with Crippen LogP contribution in [0.2, 0.25) is 0 Å². The fourth-order valence-electron chi connectivity index (χ4n) is 3.04. The number of aliphatic hydroxyl groups excluding tert-OH is 1. The van der Waals surface area contributed by atoms with Gasteiger partial charge in [-0.25, -0.2) is 4.79 Å². The molecule has 2 N–H and O–H groups in total. The summed E-state index contributed by atoms with van der Waals surface area (Å²) in [5.41, 5.74) is 4.31. The SMILES string of the molecule is CC1=C(/C=C/C(C)=C/C=C/C(C)=C\C(=O)O)C(C)(C)C[C@H](O)C1. The number of aliphatic carboxylic acids is 1. The molecule has 0 aromatic rings. The highest BCUT2D eigenvalue weighted by atomic mass is 16.4. The van der Waals surface area contributed by atoms with E-state index in [2.05, 4.69) is 32.9 Å². The molecule has 3 heteroatoms. The van der Waals surface area contributed by atoms with Gasteiger partial charge in [-0.3, -0.25) is 0 Å². The lowest BCUT2D eigenvalue weighted by Gasteiger charge is -2.35. The zero-order chi connectivity index (χ0) is 17.6. The molecule has 1 rings (SSSR count). The quantitative estimate of drug-likeness (QED) is 0.577. The highest BCUT2D eigenvalue weighted by Gasteiger charge is 2.31. The summed E-state index contributed by atoms with van der Waals surface area (Å²) in [4.78, 5) is 10.5. The Morgan fingerprint density at radius 3 is 2.43 bits per heavy atom. The average Bonchev–Trinajstić information content (AvgIpc) is 2.35. The zero-order valence-electron chi connectivity index (χ0n) is 14.8. The minimum atomic E-state index is -0.933. The van der Waals surface area contributed by atoms with Crippen molar-refractivity contribution < 1.29 is 15.0 Å². The molecule has 0 aromatic heterocycles. The highest BCUT2D eigenvalue weighted by Crippen LogP contribution is 2.40. The Bertz CT molecular complexity index is 598. The predicted octanol–water partition coefficient (Wildman–Crippen LogP) is 4.57. The molecule has 23 heavy (non-hydrogen) atoms. The van der Waals surface area contributed by atoms with Gasteiger partial charge in [0.2, 0.25) is 0 Å². The van der Waals surface area contributed by atoms with Crippen LogP contribution in [0.4, 0.5) is 0 Å². The molecule has 0 amide bonds. The number of carboxylic acid groups (broad SMARTS) is 1. The maximum Gasteiger partial charge on any atom is 0.328 e. The Morgan fingerprint density at radius 1 is 1.22 bits per heavy atom. The van der Waals surface area contributed by atoms with Crippen LogP contribution in [0.1, 0.15) is 47.5 Å². The van der Waals surface area contributed by atoms with Gasteiger partial charge in [0.05, 0.1) is 6.10 Å². The zero-order valence-corrected chi connectivity index (χ0v) is 14.8. The normalized spacial score (nSPS) is 23.1. The molecule has 0 heterocycles. The molecule has 3 nitrogen and oxygen atoms in total. The van der Waals surface area contributed by atoms with Gasteiger partial charge in [-0.15, -0.1) is 0 Å². The third kappa shape index (κ3) is 6.41. The van der Waals surface area contributed by atoms with E-state index in [9.17, 15) is 9.90 Å². The van der Waals surface area contributed by atoms with E-state index in [-0.39, 0.29) is 11.5 Å². The van der Waals surface area contributed by atoms with Crippen molar-refractivity contribution in [1.82, 2.24) is 0 Å². The molecule has 1 aliphatic rings. The molecular weight excluding hydrogens is 288 g/mol. The first kappa shape index (κ1) is 19.2. The van der Waals surface area contributed by atoms with E-state index < -0.39 is 5.97 Å². The summed E-state index contributed by atoms with van der Waals surface area (Å²) in [5.74, 6) is -0.933. The lowest BCUT2D eigenvalue weighted by Crippen LogP contribution is -2.28. The third-order valence-corrected chi connectivity index (χ3v) is 4.06. The molecule has 1 atom stereocenters. The van der Waals surface area contributed by atoms with Crippen molar-refractivity contribution in [2.75, 3.05) is 0 Å². The number of aliphatic hydroxyl groups is 1. The summed E-state index contributed by atoms with van der Waals surface area (Å²) in [7, 11) is 0. The molecule has 0 spiro atoms. The van der Waals surface area contributed by atoms with Gasteiger partial charge in [0.25, 0.3) is 0 Å². The van der Waals surface area contributed by atoms with Crippen molar-refractivity contribution in [2.24, 2.45) is 5.41 Å². The molecule has 0 radical (unpaired) electrons. The molecule has 0 aromatic carbocycles. The van der Waals surface area contributed by atoms with E-state index in [1.54, 1.807) is 13.0 Å². The van der Waals surface area contributed by atoms with Crippen LogP contribution < -0.4 is 0 Å². The first-order valence-electron chi connectivity index (χ1n) is 7.94. The standard InChI is InChI=1S/C20H28O3/c1-14(7-6-8-15(2)11-19(22)23)9-10-18-16(3)12-17(21)13-20(18,4)5/h6-11,17,21H,12-13H2,1-5H3,(H,22,23)/b8-6+,10-9+,14-7+,15-11-/t17-/m1/s1. The van der Waals surface area contributed by atoms with E-state index in [1.165, 1.54) is 17.2 Å². The van der Waals surface area contributed by atoms with Gasteiger partial charge >= 0.3 is 5.97 Å². The second kappa shape index (κ2) is 8.11. The number of hydrogen-bond acceptors (Lipinski definition) is 2. The summed E-state index contributed by atoms with van der Waals surface area (Å²) in [6.45, 7) is 10.2. The second-order valence-corrected chi connectivity index (χ2v) is 6.97. The average molecular weight is 316 g/mol. The van der Waals surface area contributed by atoms with Crippen molar-refractivity contribution in [3.05, 3.63) is 58.7 Å². The second-order valence-electron chi connectivity index (χ2n) is 6.97. The molecule has 0 aliphatic heterocycles. The molecule has 0 saturated heterocycles. The van der Waals surface area contributed by atoms with Crippen LogP contribution in [0.25, 0.3) is 0 Å². The number of carboxylic acids is 1. The van der Waals surface area contributed by atoms with Crippen LogP contribution in [-0.2, 0) is 4.79 Å². The fraction of sp³-hybridized carbons (Fsp3) is 0.450. The Hall–Kier alpha value is -1.87. The smallest absolute Gasteiger partial charge is 0.328 e. The number of allylic oxidation sites excluding steroid dienone is 8. The van der Waals surface area contributed by atoms with Crippen molar-refractivity contribution in [3.8, 4) is 0 Å². The number of hydrogen-bond donors (Lipinski definition) is 2. The summed E-state index contributed by atoms with van der Waals surface area (Å²) in [5, 5.41) is 18.6. The van der Waals surface area contributed by atoms with Gasteiger partial charge in [0.1, 0.15) is 0 Å². The number of rotatable bonds is 5. The van der Waals surface area contributed by atoms with E-state index in [0.717, 1.165) is 18.4 Å². The first-order chi connectivity index (χ1) is 10.6. The molecule has 1 aliphatic carbocycles. The van der Waals surface area contributed by atoms with Gasteiger partial charge in [0.15, 0.2) is 0 Å². The van der Waals surface area contributed by atoms with Gasteiger partial charge in [0, 0.05) is 6.08 Å². The van der Waals surface area contributed by atoms with Crippen LogP contribution in [0.5, 0.6) is 0 Å². The summed E-state index contributed by atoms with van der Waals surface area (Å²) in [6.07, 6.45) is 12.2. The largest absolute Gasteiger partial charge is 0.478 e. The summed E-state index contributed by atoms with van der Waals surface area (Å²) >= 11 is 0. The maximum absolute atomic E-state index is 10.5. The van der Waals surface area contributed by atoms with Crippen molar-refractivity contribution in [1.29, 1.82) is 0 Å². The molecular formula is C20H28O3. The van der Waals surface area contributed by atoms with Gasteiger partial charge in [-0.05, 0) is 50.2 Å². The van der Waals surface area contributed by atoms with Gasteiger partial charge < -0.3 is 10.2 Å². The maximum atomic E-state index is 10.5. The van der Waals surface area contributed by atoms with Crippen molar-refractivity contribution >= 4 is 5.97 Å². The topological polar surface area (TPSA) is 57.5 Å².